The number of sulfonamides is 1. The van der Waals surface area contributed by atoms with E-state index in [1.54, 1.807) is 0 Å². The number of hydrogen-bond acceptors (Lipinski definition) is 3. The summed E-state index contributed by atoms with van der Waals surface area (Å²) in [7, 11) is -3.01. The maximum Gasteiger partial charge on any atom is 0.211 e. The molecule has 15 heavy (non-hydrogen) atoms. The van der Waals surface area contributed by atoms with E-state index in [1.807, 2.05) is 6.92 Å². The second-order valence-corrected chi connectivity index (χ2v) is 5.70. The molecule has 0 aliphatic carbocycles. The number of nitrogens with one attached hydrogen (secondary N) is 1. The first-order valence-corrected chi connectivity index (χ1v) is 7.45. The SMILES string of the molecule is CCCCS(=O)(=O)NCCCCCCN. The molecule has 0 heterocycles. The van der Waals surface area contributed by atoms with Crippen LogP contribution in [0, 0.1) is 0 Å². The van der Waals surface area contributed by atoms with E-state index in [0.717, 1.165) is 45.1 Å². The van der Waals surface area contributed by atoms with Gasteiger partial charge in [-0.1, -0.05) is 26.2 Å². The molecule has 0 saturated carbocycles. The van der Waals surface area contributed by atoms with Crippen LogP contribution in [0.3, 0.4) is 0 Å². The lowest BCUT2D eigenvalue weighted by Crippen LogP contribution is -2.27. The second kappa shape index (κ2) is 9.12. The Morgan fingerprint density at radius 3 is 2.33 bits per heavy atom. The first-order chi connectivity index (χ1) is 7.12. The zero-order chi connectivity index (χ0) is 11.6. The van der Waals surface area contributed by atoms with Crippen LogP contribution in [-0.4, -0.2) is 27.3 Å². The average molecular weight is 236 g/mol. The largest absolute Gasteiger partial charge is 0.330 e. The minimum atomic E-state index is -3.01. The third-order valence-corrected chi connectivity index (χ3v) is 3.69. The fraction of sp³-hybridized carbons (Fsp3) is 1.00. The van der Waals surface area contributed by atoms with Crippen molar-refractivity contribution < 1.29 is 8.42 Å². The number of unbranched alkanes of at least 4 members (excludes halogenated alkanes) is 4. The van der Waals surface area contributed by atoms with Crippen LogP contribution in [0.4, 0.5) is 0 Å². The number of nitrogens with two attached hydrogens (primary N) is 1. The lowest BCUT2D eigenvalue weighted by Gasteiger charge is -2.05. The van der Waals surface area contributed by atoms with Crippen LogP contribution < -0.4 is 10.5 Å². The Hall–Kier alpha value is -0.130. The van der Waals surface area contributed by atoms with E-state index in [4.69, 9.17) is 5.73 Å². The minimum Gasteiger partial charge on any atom is -0.330 e. The summed E-state index contributed by atoms with van der Waals surface area (Å²) in [5.41, 5.74) is 5.36. The smallest absolute Gasteiger partial charge is 0.211 e. The highest BCUT2D eigenvalue weighted by Gasteiger charge is 2.07. The maximum atomic E-state index is 11.3. The van der Waals surface area contributed by atoms with Gasteiger partial charge in [-0.2, -0.15) is 0 Å². The van der Waals surface area contributed by atoms with E-state index >= 15 is 0 Å². The average Bonchev–Trinajstić information content (AvgIpc) is 2.20. The van der Waals surface area contributed by atoms with Crippen molar-refractivity contribution in [1.82, 2.24) is 4.72 Å². The van der Waals surface area contributed by atoms with Crippen LogP contribution in [0.2, 0.25) is 0 Å². The van der Waals surface area contributed by atoms with Gasteiger partial charge in [0.2, 0.25) is 10.0 Å². The van der Waals surface area contributed by atoms with Gasteiger partial charge >= 0.3 is 0 Å². The molecule has 0 spiro atoms. The Morgan fingerprint density at radius 1 is 1.07 bits per heavy atom. The predicted molar refractivity (Wildman–Crippen MR) is 64.2 cm³/mol. The molecular weight excluding hydrogens is 212 g/mol. The van der Waals surface area contributed by atoms with Crippen molar-refractivity contribution >= 4 is 10.0 Å². The summed E-state index contributed by atoms with van der Waals surface area (Å²) in [6, 6.07) is 0. The first kappa shape index (κ1) is 14.9. The van der Waals surface area contributed by atoms with E-state index in [1.165, 1.54) is 0 Å². The summed E-state index contributed by atoms with van der Waals surface area (Å²) in [5.74, 6) is 0.256. The third-order valence-electron chi connectivity index (χ3n) is 2.22. The van der Waals surface area contributed by atoms with Gasteiger partial charge in [-0.25, -0.2) is 13.1 Å². The van der Waals surface area contributed by atoms with Gasteiger partial charge in [0.15, 0.2) is 0 Å². The molecule has 0 unspecified atom stereocenters. The summed E-state index contributed by atoms with van der Waals surface area (Å²) in [6.07, 6.45) is 5.73. The lowest BCUT2D eigenvalue weighted by atomic mass is 10.2. The van der Waals surface area contributed by atoms with Crippen molar-refractivity contribution in [1.29, 1.82) is 0 Å². The van der Waals surface area contributed by atoms with Crippen LogP contribution in [0.25, 0.3) is 0 Å². The zero-order valence-corrected chi connectivity index (χ0v) is 10.5. The molecule has 0 atom stereocenters. The molecule has 0 saturated heterocycles. The van der Waals surface area contributed by atoms with Gasteiger partial charge in [0.05, 0.1) is 5.75 Å². The van der Waals surface area contributed by atoms with Crippen LogP contribution in [0.5, 0.6) is 0 Å². The maximum absolute atomic E-state index is 11.3. The van der Waals surface area contributed by atoms with E-state index in [-0.39, 0.29) is 5.75 Å². The van der Waals surface area contributed by atoms with Crippen LogP contribution in [-0.2, 0) is 10.0 Å². The van der Waals surface area contributed by atoms with Crippen molar-refractivity contribution in [3.05, 3.63) is 0 Å². The molecule has 0 radical (unpaired) electrons. The third kappa shape index (κ3) is 10.2. The molecule has 0 aromatic rings. The molecule has 92 valence electrons. The Bertz CT molecular complexity index is 228. The van der Waals surface area contributed by atoms with Gasteiger partial charge in [0.25, 0.3) is 0 Å². The molecule has 0 bridgehead atoms. The Labute approximate surface area is 93.7 Å². The van der Waals surface area contributed by atoms with E-state index in [0.29, 0.717) is 6.54 Å². The van der Waals surface area contributed by atoms with Gasteiger partial charge in [-0.15, -0.1) is 0 Å². The minimum absolute atomic E-state index is 0.256. The molecule has 0 amide bonds. The summed E-state index contributed by atoms with van der Waals surface area (Å²) in [5, 5.41) is 0. The predicted octanol–water partition coefficient (Wildman–Crippen LogP) is 1.22. The van der Waals surface area contributed by atoms with Crippen LogP contribution in [0.15, 0.2) is 0 Å². The molecule has 0 aromatic carbocycles. The van der Waals surface area contributed by atoms with Crippen molar-refractivity contribution in [3.8, 4) is 0 Å². The Balaban J connectivity index is 3.41. The summed E-state index contributed by atoms with van der Waals surface area (Å²) >= 11 is 0. The Kier molecular flexibility index (Phi) is 9.04. The highest BCUT2D eigenvalue weighted by Crippen LogP contribution is 1.98. The van der Waals surface area contributed by atoms with Crippen molar-refractivity contribution in [2.45, 2.75) is 45.4 Å². The van der Waals surface area contributed by atoms with Crippen molar-refractivity contribution in [2.75, 3.05) is 18.8 Å². The van der Waals surface area contributed by atoms with Gasteiger partial charge in [-0.05, 0) is 25.8 Å². The van der Waals surface area contributed by atoms with Gasteiger partial charge in [0, 0.05) is 6.54 Å². The van der Waals surface area contributed by atoms with Gasteiger partial charge in [0.1, 0.15) is 0 Å². The molecule has 0 aromatic heterocycles. The normalized spacial score (nSPS) is 11.9. The first-order valence-electron chi connectivity index (χ1n) is 5.80. The fourth-order valence-electron chi connectivity index (χ4n) is 1.26. The highest BCUT2D eigenvalue weighted by molar-refractivity contribution is 7.89. The van der Waals surface area contributed by atoms with E-state index in [9.17, 15) is 8.42 Å². The molecule has 0 fully saturated rings. The van der Waals surface area contributed by atoms with Crippen molar-refractivity contribution in [3.63, 3.8) is 0 Å². The topological polar surface area (TPSA) is 72.2 Å². The number of hydrogen-bond donors (Lipinski definition) is 2. The quantitative estimate of drug-likeness (QED) is 0.560. The van der Waals surface area contributed by atoms with Crippen molar-refractivity contribution in [2.24, 2.45) is 5.73 Å². The van der Waals surface area contributed by atoms with E-state index < -0.39 is 10.0 Å². The standard InChI is InChI=1S/C10H24N2O2S/c1-2-3-10-15(13,14)12-9-7-5-4-6-8-11/h12H,2-11H2,1H3. The molecule has 0 rings (SSSR count). The lowest BCUT2D eigenvalue weighted by molar-refractivity contribution is 0.569. The van der Waals surface area contributed by atoms with E-state index in [2.05, 4.69) is 4.72 Å². The molecule has 0 aliphatic heterocycles. The summed E-state index contributed by atoms with van der Waals surface area (Å²) in [4.78, 5) is 0. The Morgan fingerprint density at radius 2 is 1.73 bits per heavy atom. The van der Waals surface area contributed by atoms with Crippen LogP contribution >= 0.6 is 0 Å². The van der Waals surface area contributed by atoms with Gasteiger partial charge in [-0.3, -0.25) is 0 Å². The molecular formula is C10H24N2O2S. The highest BCUT2D eigenvalue weighted by atomic mass is 32.2. The zero-order valence-electron chi connectivity index (χ0n) is 9.67. The molecule has 0 aliphatic rings. The molecule has 3 N–H and O–H groups in total. The van der Waals surface area contributed by atoms with Crippen LogP contribution in [0.1, 0.15) is 45.4 Å². The summed E-state index contributed by atoms with van der Waals surface area (Å²) < 4.78 is 25.3. The monoisotopic (exact) mass is 236 g/mol. The molecule has 4 nitrogen and oxygen atoms in total. The fourth-order valence-corrected chi connectivity index (χ4v) is 2.53. The van der Waals surface area contributed by atoms with Gasteiger partial charge < -0.3 is 5.73 Å². The second-order valence-electron chi connectivity index (χ2n) is 3.77. The number of rotatable bonds is 10. The molecule has 5 heteroatoms. The summed E-state index contributed by atoms with van der Waals surface area (Å²) in [6.45, 7) is 3.28.